The van der Waals surface area contributed by atoms with E-state index in [1.165, 1.54) is 27.4 Å². The first-order valence-corrected chi connectivity index (χ1v) is 17.8. The number of nitrogens with zero attached hydrogens (tertiary/aromatic N) is 6. The highest BCUT2D eigenvalue weighted by molar-refractivity contribution is 6.12. The summed E-state index contributed by atoms with van der Waals surface area (Å²) in [7, 11) is 0. The molecule has 6 nitrogen and oxygen atoms in total. The van der Waals surface area contributed by atoms with Crippen molar-refractivity contribution in [1.82, 2.24) is 28.7 Å². The van der Waals surface area contributed by atoms with Crippen LogP contribution in [-0.2, 0) is 0 Å². The molecule has 0 aliphatic rings. The Balaban J connectivity index is 1.13. The van der Waals surface area contributed by atoms with Gasteiger partial charge in [-0.05, 0) is 90.0 Å². The van der Waals surface area contributed by atoms with E-state index in [1.807, 2.05) is 42.6 Å². The summed E-state index contributed by atoms with van der Waals surface area (Å²) in [5.41, 5.74) is 11.4. The van der Waals surface area contributed by atoms with E-state index >= 15 is 0 Å². The lowest BCUT2D eigenvalue weighted by molar-refractivity contribution is 0.986. The fourth-order valence-electron chi connectivity index (χ4n) is 7.97. The van der Waals surface area contributed by atoms with Crippen molar-refractivity contribution in [3.05, 3.63) is 182 Å². The fraction of sp³-hybridized carbons (Fsp3) is 0. The number of para-hydroxylation sites is 4. The largest absolute Gasteiger partial charge is 0.309 e. The molecule has 53 heavy (non-hydrogen) atoms. The second-order valence-electron chi connectivity index (χ2n) is 13.4. The summed E-state index contributed by atoms with van der Waals surface area (Å²) < 4.78 is 6.68. The second-order valence-corrected chi connectivity index (χ2v) is 13.4. The molecule has 248 valence electrons. The van der Waals surface area contributed by atoms with E-state index in [-0.39, 0.29) is 0 Å². The first kappa shape index (κ1) is 29.4. The highest BCUT2D eigenvalue weighted by Crippen LogP contribution is 2.38. The van der Waals surface area contributed by atoms with Crippen LogP contribution in [0.4, 0.5) is 0 Å². The van der Waals surface area contributed by atoms with Crippen LogP contribution in [0.25, 0.3) is 94.5 Å². The maximum Gasteiger partial charge on any atom is 0.237 e. The van der Waals surface area contributed by atoms with Gasteiger partial charge >= 0.3 is 0 Å². The lowest BCUT2D eigenvalue weighted by Gasteiger charge is -2.12. The Morgan fingerprint density at radius 3 is 1.62 bits per heavy atom. The first-order valence-electron chi connectivity index (χ1n) is 17.8. The van der Waals surface area contributed by atoms with E-state index in [1.54, 1.807) is 0 Å². The van der Waals surface area contributed by atoms with Gasteiger partial charge < -0.3 is 9.13 Å². The highest BCUT2D eigenvalue weighted by atomic mass is 15.2. The summed E-state index contributed by atoms with van der Waals surface area (Å²) in [5.74, 6) is 0.600. The number of hydrogen-bond donors (Lipinski definition) is 0. The number of benzene rings is 6. The number of fused-ring (bicyclic) bond motifs is 7. The molecule has 6 heteroatoms. The molecule has 0 radical (unpaired) electrons. The number of pyridine rings is 1. The molecule has 0 aliphatic carbocycles. The predicted molar refractivity (Wildman–Crippen MR) is 216 cm³/mol. The van der Waals surface area contributed by atoms with Gasteiger partial charge in [0.2, 0.25) is 5.95 Å². The molecule has 5 heterocycles. The van der Waals surface area contributed by atoms with Crippen molar-refractivity contribution in [1.29, 1.82) is 0 Å². The summed E-state index contributed by atoms with van der Waals surface area (Å²) in [6, 6.07) is 59.8. The van der Waals surface area contributed by atoms with Crippen LogP contribution in [0.15, 0.2) is 182 Å². The van der Waals surface area contributed by atoms with E-state index < -0.39 is 0 Å². The normalized spacial score (nSPS) is 11.8. The standard InChI is InChI=1S/C47H30N6/c1-3-13-33(14-4-1)51-28-26-37-45(40-19-11-12-27-48-40)49-47(50-46(37)51)53-42-21-10-8-18-36(42)39-30-32(23-25-44(39)53)31-22-24-43-38(29-31)35-17-7-9-20-41(35)52(43)34-15-5-2-6-16-34/h1-30H. The van der Waals surface area contributed by atoms with Crippen LogP contribution in [0.2, 0.25) is 0 Å². The molecule has 11 aromatic rings. The molecule has 0 saturated heterocycles. The molecule has 6 aromatic carbocycles. The Morgan fingerprint density at radius 1 is 0.396 bits per heavy atom. The Labute approximate surface area is 304 Å². The smallest absolute Gasteiger partial charge is 0.237 e. The van der Waals surface area contributed by atoms with Gasteiger partial charge in [-0.3, -0.25) is 9.55 Å². The molecule has 11 rings (SSSR count). The van der Waals surface area contributed by atoms with Gasteiger partial charge in [-0.1, -0.05) is 91.0 Å². The van der Waals surface area contributed by atoms with Crippen LogP contribution < -0.4 is 0 Å². The Hall–Kier alpha value is -7.31. The minimum atomic E-state index is 0.600. The van der Waals surface area contributed by atoms with Crippen LogP contribution in [-0.4, -0.2) is 28.7 Å². The van der Waals surface area contributed by atoms with E-state index in [0.29, 0.717) is 5.95 Å². The molecular formula is C47H30N6. The third-order valence-corrected chi connectivity index (χ3v) is 10.4. The molecule has 0 fully saturated rings. The lowest BCUT2D eigenvalue weighted by Crippen LogP contribution is -2.05. The van der Waals surface area contributed by atoms with Gasteiger partial charge in [0, 0.05) is 50.7 Å². The Kier molecular flexibility index (Phi) is 6.45. The highest BCUT2D eigenvalue weighted by Gasteiger charge is 2.20. The van der Waals surface area contributed by atoms with E-state index in [0.717, 1.165) is 61.2 Å². The number of hydrogen-bond acceptors (Lipinski definition) is 3. The van der Waals surface area contributed by atoms with Crippen LogP contribution in [0.1, 0.15) is 0 Å². The molecule has 0 atom stereocenters. The zero-order valence-electron chi connectivity index (χ0n) is 28.5. The van der Waals surface area contributed by atoms with Crippen LogP contribution in [0.5, 0.6) is 0 Å². The lowest BCUT2D eigenvalue weighted by atomic mass is 10.0. The molecule has 0 bridgehead atoms. The molecular weight excluding hydrogens is 649 g/mol. The predicted octanol–water partition coefficient (Wildman–Crippen LogP) is 11.3. The van der Waals surface area contributed by atoms with E-state index in [4.69, 9.17) is 15.0 Å². The van der Waals surface area contributed by atoms with E-state index in [2.05, 4.69) is 153 Å². The third-order valence-electron chi connectivity index (χ3n) is 10.4. The summed E-state index contributed by atoms with van der Waals surface area (Å²) in [5, 5.41) is 5.71. The van der Waals surface area contributed by atoms with Crippen LogP contribution in [0, 0.1) is 0 Å². The average Bonchev–Trinajstić information content (AvgIpc) is 3.91. The molecule has 5 aromatic heterocycles. The summed E-state index contributed by atoms with van der Waals surface area (Å²) >= 11 is 0. The summed E-state index contributed by atoms with van der Waals surface area (Å²) in [4.78, 5) is 15.3. The van der Waals surface area contributed by atoms with Crippen molar-refractivity contribution in [3.8, 4) is 39.8 Å². The van der Waals surface area contributed by atoms with Crippen molar-refractivity contribution < 1.29 is 0 Å². The minimum absolute atomic E-state index is 0.600. The molecule has 0 amide bonds. The zero-order chi connectivity index (χ0) is 34.9. The average molecular weight is 679 g/mol. The van der Waals surface area contributed by atoms with Gasteiger partial charge in [0.25, 0.3) is 0 Å². The SMILES string of the molecule is c1ccc(-n2ccc3c(-c4ccccn4)nc(-n4c5ccccc5c5cc(-c6ccc7c(c6)c6ccccc6n7-c6ccccc6)ccc54)nc32)cc1. The van der Waals surface area contributed by atoms with Crippen molar-refractivity contribution >= 4 is 54.6 Å². The molecule has 0 N–H and O–H groups in total. The quantitative estimate of drug-likeness (QED) is 0.182. The Morgan fingerprint density at radius 2 is 0.962 bits per heavy atom. The van der Waals surface area contributed by atoms with Crippen molar-refractivity contribution in [2.24, 2.45) is 0 Å². The molecule has 0 spiro atoms. The zero-order valence-corrected chi connectivity index (χ0v) is 28.5. The summed E-state index contributed by atoms with van der Waals surface area (Å²) in [6.45, 7) is 0. The van der Waals surface area contributed by atoms with Gasteiger partial charge in [0.1, 0.15) is 5.69 Å². The monoisotopic (exact) mass is 678 g/mol. The summed E-state index contributed by atoms with van der Waals surface area (Å²) in [6.07, 6.45) is 3.88. The molecule has 0 aliphatic heterocycles. The van der Waals surface area contributed by atoms with Gasteiger partial charge in [0.15, 0.2) is 5.65 Å². The van der Waals surface area contributed by atoms with Crippen molar-refractivity contribution in [2.75, 3.05) is 0 Å². The van der Waals surface area contributed by atoms with Gasteiger partial charge in [0.05, 0.1) is 27.8 Å². The number of rotatable bonds is 5. The minimum Gasteiger partial charge on any atom is -0.309 e. The molecule has 0 unspecified atom stereocenters. The van der Waals surface area contributed by atoms with Crippen LogP contribution in [0.3, 0.4) is 0 Å². The van der Waals surface area contributed by atoms with Gasteiger partial charge in [-0.15, -0.1) is 0 Å². The maximum atomic E-state index is 5.30. The second kappa shape index (κ2) is 11.6. The third kappa shape index (κ3) is 4.56. The molecule has 0 saturated carbocycles. The fourth-order valence-corrected chi connectivity index (χ4v) is 7.97. The van der Waals surface area contributed by atoms with Crippen molar-refractivity contribution in [2.45, 2.75) is 0 Å². The first-order chi connectivity index (χ1) is 26.3. The Bertz CT molecular complexity index is 3160. The topological polar surface area (TPSA) is 53.5 Å². The maximum absolute atomic E-state index is 5.30. The van der Waals surface area contributed by atoms with E-state index in [9.17, 15) is 0 Å². The number of aromatic nitrogens is 6. The van der Waals surface area contributed by atoms with Gasteiger partial charge in [-0.25, -0.2) is 4.98 Å². The van der Waals surface area contributed by atoms with Crippen LogP contribution >= 0.6 is 0 Å². The van der Waals surface area contributed by atoms with Gasteiger partial charge in [-0.2, -0.15) is 4.98 Å². The van der Waals surface area contributed by atoms with Crippen molar-refractivity contribution in [3.63, 3.8) is 0 Å².